The fourth-order valence-electron chi connectivity index (χ4n) is 2.79. The van der Waals surface area contributed by atoms with Crippen molar-refractivity contribution in [3.05, 3.63) is 23.8 Å². The molecule has 1 unspecified atom stereocenters. The van der Waals surface area contributed by atoms with Crippen molar-refractivity contribution >= 4 is 0 Å². The number of rotatable bonds is 5. The zero-order valence-electron chi connectivity index (χ0n) is 12.6. The Morgan fingerprint density at radius 3 is 2.30 bits per heavy atom. The van der Waals surface area contributed by atoms with Crippen LogP contribution in [0.3, 0.4) is 0 Å². The molecule has 1 aromatic rings. The van der Waals surface area contributed by atoms with Crippen LogP contribution in [0.5, 0.6) is 11.5 Å². The summed E-state index contributed by atoms with van der Waals surface area (Å²) in [5.74, 6) is 1.49. The molecule has 1 fully saturated rings. The molecule has 4 nitrogen and oxygen atoms in total. The monoisotopic (exact) mass is 278 g/mol. The third kappa shape index (κ3) is 3.87. The minimum atomic E-state index is 0.0212. The molecule has 0 radical (unpaired) electrons. The van der Waals surface area contributed by atoms with Gasteiger partial charge in [-0.2, -0.15) is 0 Å². The SMILES string of the molecule is COc1ccc(C(N)CN2CCCCCC2)cc1OC. The number of nitrogens with two attached hydrogens (primary N) is 1. The first-order valence-corrected chi connectivity index (χ1v) is 7.44. The van der Waals surface area contributed by atoms with E-state index in [-0.39, 0.29) is 6.04 Å². The Kier molecular flexibility index (Phi) is 5.68. The van der Waals surface area contributed by atoms with Crippen molar-refractivity contribution in [1.82, 2.24) is 4.90 Å². The van der Waals surface area contributed by atoms with Gasteiger partial charge in [-0.25, -0.2) is 0 Å². The van der Waals surface area contributed by atoms with Crippen molar-refractivity contribution in [3.8, 4) is 11.5 Å². The zero-order valence-corrected chi connectivity index (χ0v) is 12.6. The largest absolute Gasteiger partial charge is 0.493 e. The summed E-state index contributed by atoms with van der Waals surface area (Å²) in [5.41, 5.74) is 7.46. The molecule has 1 atom stereocenters. The first-order valence-electron chi connectivity index (χ1n) is 7.44. The van der Waals surface area contributed by atoms with Gasteiger partial charge >= 0.3 is 0 Å². The average molecular weight is 278 g/mol. The lowest BCUT2D eigenvalue weighted by Crippen LogP contribution is -2.33. The Balaban J connectivity index is 2.02. The molecule has 0 aliphatic carbocycles. The maximum atomic E-state index is 6.35. The van der Waals surface area contributed by atoms with Crippen molar-refractivity contribution < 1.29 is 9.47 Å². The molecular formula is C16H26N2O2. The van der Waals surface area contributed by atoms with E-state index in [2.05, 4.69) is 4.90 Å². The van der Waals surface area contributed by atoms with Crippen LogP contribution in [0.2, 0.25) is 0 Å². The molecule has 1 aliphatic heterocycles. The number of likely N-dealkylation sites (tertiary alicyclic amines) is 1. The Morgan fingerprint density at radius 1 is 1.05 bits per heavy atom. The predicted molar refractivity (Wildman–Crippen MR) is 81.4 cm³/mol. The van der Waals surface area contributed by atoms with Crippen LogP contribution < -0.4 is 15.2 Å². The van der Waals surface area contributed by atoms with E-state index in [1.165, 1.54) is 38.8 Å². The van der Waals surface area contributed by atoms with Crippen molar-refractivity contribution in [2.45, 2.75) is 31.7 Å². The summed E-state index contributed by atoms with van der Waals surface area (Å²) in [6.07, 6.45) is 5.28. The van der Waals surface area contributed by atoms with Crippen LogP contribution in [0, 0.1) is 0 Å². The van der Waals surface area contributed by atoms with Crippen LogP contribution in [0.15, 0.2) is 18.2 Å². The minimum absolute atomic E-state index is 0.0212. The second kappa shape index (κ2) is 7.50. The second-order valence-corrected chi connectivity index (χ2v) is 5.44. The summed E-state index contributed by atoms with van der Waals surface area (Å²) in [5, 5.41) is 0. The first-order chi connectivity index (χ1) is 9.74. The molecule has 0 aromatic heterocycles. The van der Waals surface area contributed by atoms with Crippen LogP contribution in [-0.4, -0.2) is 38.8 Å². The van der Waals surface area contributed by atoms with Gasteiger partial charge in [-0.3, -0.25) is 0 Å². The molecule has 2 N–H and O–H groups in total. The fraction of sp³-hybridized carbons (Fsp3) is 0.625. The van der Waals surface area contributed by atoms with Crippen molar-refractivity contribution in [3.63, 3.8) is 0 Å². The van der Waals surface area contributed by atoms with E-state index in [0.29, 0.717) is 0 Å². The topological polar surface area (TPSA) is 47.7 Å². The molecule has 1 saturated heterocycles. The standard InChI is InChI=1S/C16H26N2O2/c1-19-15-8-7-13(11-16(15)20-2)14(17)12-18-9-5-3-4-6-10-18/h7-8,11,14H,3-6,9-10,12,17H2,1-2H3. The highest BCUT2D eigenvalue weighted by molar-refractivity contribution is 5.43. The smallest absolute Gasteiger partial charge is 0.161 e. The van der Waals surface area contributed by atoms with Crippen LogP contribution in [0.4, 0.5) is 0 Å². The van der Waals surface area contributed by atoms with E-state index in [9.17, 15) is 0 Å². The van der Waals surface area contributed by atoms with E-state index in [4.69, 9.17) is 15.2 Å². The van der Waals surface area contributed by atoms with Gasteiger partial charge in [0, 0.05) is 12.6 Å². The van der Waals surface area contributed by atoms with Crippen LogP contribution in [0.25, 0.3) is 0 Å². The number of hydrogen-bond donors (Lipinski definition) is 1. The number of benzene rings is 1. The first kappa shape index (κ1) is 15.1. The normalized spacial score (nSPS) is 18.4. The molecule has 0 amide bonds. The zero-order chi connectivity index (χ0) is 14.4. The number of ether oxygens (including phenoxy) is 2. The molecule has 4 heteroatoms. The fourth-order valence-corrected chi connectivity index (χ4v) is 2.79. The number of hydrogen-bond acceptors (Lipinski definition) is 4. The maximum Gasteiger partial charge on any atom is 0.161 e. The third-order valence-corrected chi connectivity index (χ3v) is 3.99. The Hall–Kier alpha value is -1.26. The van der Waals surface area contributed by atoms with E-state index in [1.54, 1.807) is 14.2 Å². The van der Waals surface area contributed by atoms with Gasteiger partial charge in [-0.15, -0.1) is 0 Å². The summed E-state index contributed by atoms with van der Waals surface area (Å²) < 4.78 is 10.6. The lowest BCUT2D eigenvalue weighted by molar-refractivity contribution is 0.267. The Morgan fingerprint density at radius 2 is 1.70 bits per heavy atom. The predicted octanol–water partition coefficient (Wildman–Crippen LogP) is 2.58. The highest BCUT2D eigenvalue weighted by Crippen LogP contribution is 2.29. The van der Waals surface area contributed by atoms with Gasteiger partial charge in [0.25, 0.3) is 0 Å². The average Bonchev–Trinajstić information content (AvgIpc) is 2.75. The van der Waals surface area contributed by atoms with Crippen molar-refractivity contribution in [2.75, 3.05) is 33.9 Å². The van der Waals surface area contributed by atoms with E-state index >= 15 is 0 Å². The minimum Gasteiger partial charge on any atom is -0.493 e. The molecule has 0 saturated carbocycles. The van der Waals surface area contributed by atoms with Crippen LogP contribution in [0.1, 0.15) is 37.3 Å². The summed E-state index contributed by atoms with van der Waals surface area (Å²) in [6.45, 7) is 3.25. The molecule has 20 heavy (non-hydrogen) atoms. The molecule has 0 bridgehead atoms. The molecule has 1 aromatic carbocycles. The summed E-state index contributed by atoms with van der Waals surface area (Å²) >= 11 is 0. The van der Waals surface area contributed by atoms with E-state index in [1.807, 2.05) is 18.2 Å². The number of methoxy groups -OCH3 is 2. The molecule has 1 aliphatic rings. The maximum absolute atomic E-state index is 6.35. The van der Waals surface area contributed by atoms with Gasteiger partial charge in [0.15, 0.2) is 11.5 Å². The molecule has 1 heterocycles. The molecule has 2 rings (SSSR count). The van der Waals surface area contributed by atoms with Crippen LogP contribution >= 0.6 is 0 Å². The van der Waals surface area contributed by atoms with E-state index < -0.39 is 0 Å². The Bertz CT molecular complexity index is 415. The van der Waals surface area contributed by atoms with Gasteiger partial charge in [0.05, 0.1) is 14.2 Å². The van der Waals surface area contributed by atoms with Crippen LogP contribution in [-0.2, 0) is 0 Å². The quantitative estimate of drug-likeness (QED) is 0.899. The molecule has 0 spiro atoms. The van der Waals surface area contributed by atoms with Crippen molar-refractivity contribution in [2.24, 2.45) is 5.73 Å². The third-order valence-electron chi connectivity index (χ3n) is 3.99. The Labute approximate surface area is 121 Å². The summed E-state index contributed by atoms with van der Waals surface area (Å²) in [4.78, 5) is 2.48. The van der Waals surface area contributed by atoms with Gasteiger partial charge in [-0.1, -0.05) is 18.9 Å². The lowest BCUT2D eigenvalue weighted by atomic mass is 10.1. The lowest BCUT2D eigenvalue weighted by Gasteiger charge is -2.24. The molecule has 112 valence electrons. The van der Waals surface area contributed by atoms with E-state index in [0.717, 1.165) is 23.6 Å². The summed E-state index contributed by atoms with van der Waals surface area (Å²) in [6, 6.07) is 5.97. The van der Waals surface area contributed by atoms with Gasteiger partial charge in [-0.05, 0) is 43.6 Å². The number of nitrogens with zero attached hydrogens (tertiary/aromatic N) is 1. The summed E-state index contributed by atoms with van der Waals surface area (Å²) in [7, 11) is 3.30. The van der Waals surface area contributed by atoms with Gasteiger partial charge in [0.2, 0.25) is 0 Å². The highest BCUT2D eigenvalue weighted by atomic mass is 16.5. The second-order valence-electron chi connectivity index (χ2n) is 5.44. The molecular weight excluding hydrogens is 252 g/mol. The van der Waals surface area contributed by atoms with Gasteiger partial charge < -0.3 is 20.1 Å². The highest BCUT2D eigenvalue weighted by Gasteiger charge is 2.15. The van der Waals surface area contributed by atoms with Crippen molar-refractivity contribution in [1.29, 1.82) is 0 Å². The van der Waals surface area contributed by atoms with Gasteiger partial charge in [0.1, 0.15) is 0 Å².